The van der Waals surface area contributed by atoms with Crippen LogP contribution in [-0.2, 0) is 0 Å². The minimum Gasteiger partial charge on any atom is -0.335 e. The number of carbonyl (C=O) groups is 2. The summed E-state index contributed by atoms with van der Waals surface area (Å²) in [6.07, 6.45) is 7.31. The molecule has 0 spiro atoms. The Hall–Kier alpha value is -2.42. The largest absolute Gasteiger partial charge is 0.335 e. The van der Waals surface area contributed by atoms with Gasteiger partial charge >= 0.3 is 0 Å². The van der Waals surface area contributed by atoms with Crippen molar-refractivity contribution in [1.29, 1.82) is 0 Å². The van der Waals surface area contributed by atoms with Crippen molar-refractivity contribution < 1.29 is 9.59 Å². The number of likely N-dealkylation sites (tertiary alicyclic amines) is 1. The number of rotatable bonds is 3. The van der Waals surface area contributed by atoms with Crippen molar-refractivity contribution in [3.63, 3.8) is 0 Å². The quantitative estimate of drug-likeness (QED) is 0.754. The second-order valence-corrected chi connectivity index (χ2v) is 7.53. The molecule has 2 aromatic carbocycles. The molecule has 2 fully saturated rings. The summed E-state index contributed by atoms with van der Waals surface area (Å²) in [5.41, 5.74) is 2.00. The van der Waals surface area contributed by atoms with Crippen LogP contribution in [0.2, 0.25) is 0 Å². The van der Waals surface area contributed by atoms with Gasteiger partial charge in [-0.2, -0.15) is 0 Å². The van der Waals surface area contributed by atoms with Crippen molar-refractivity contribution in [2.75, 3.05) is 6.54 Å². The first-order valence-corrected chi connectivity index (χ1v) is 9.75. The Morgan fingerprint density at radius 2 is 1.35 bits per heavy atom. The molecule has 0 N–H and O–H groups in total. The Balaban J connectivity index is 1.51. The van der Waals surface area contributed by atoms with Crippen LogP contribution in [-0.4, -0.2) is 29.2 Å². The van der Waals surface area contributed by atoms with E-state index in [-0.39, 0.29) is 11.7 Å². The van der Waals surface area contributed by atoms with E-state index >= 15 is 0 Å². The van der Waals surface area contributed by atoms with Crippen LogP contribution in [0.1, 0.15) is 64.8 Å². The number of ketones is 1. The van der Waals surface area contributed by atoms with E-state index in [2.05, 4.69) is 4.90 Å². The summed E-state index contributed by atoms with van der Waals surface area (Å²) >= 11 is 0. The fourth-order valence-corrected chi connectivity index (χ4v) is 4.56. The topological polar surface area (TPSA) is 37.4 Å². The molecule has 1 amide bonds. The molecule has 26 heavy (non-hydrogen) atoms. The summed E-state index contributed by atoms with van der Waals surface area (Å²) in [7, 11) is 0. The van der Waals surface area contributed by atoms with Gasteiger partial charge < -0.3 is 4.90 Å². The van der Waals surface area contributed by atoms with Crippen molar-refractivity contribution in [2.45, 2.75) is 44.6 Å². The third kappa shape index (κ3) is 3.31. The van der Waals surface area contributed by atoms with E-state index < -0.39 is 0 Å². The predicted molar refractivity (Wildman–Crippen MR) is 102 cm³/mol. The van der Waals surface area contributed by atoms with Gasteiger partial charge in [0.1, 0.15) is 0 Å². The van der Waals surface area contributed by atoms with E-state index in [1.807, 2.05) is 42.5 Å². The van der Waals surface area contributed by atoms with Crippen LogP contribution in [0.25, 0.3) is 0 Å². The third-order valence-electron chi connectivity index (χ3n) is 5.93. The summed E-state index contributed by atoms with van der Waals surface area (Å²) in [5.74, 6) is 0.801. The summed E-state index contributed by atoms with van der Waals surface area (Å²) in [6.45, 7) is 0.866. The Bertz CT molecular complexity index is 780. The van der Waals surface area contributed by atoms with Crippen LogP contribution in [0.15, 0.2) is 54.6 Å². The van der Waals surface area contributed by atoms with E-state index in [0.717, 1.165) is 19.4 Å². The molecule has 2 aliphatic rings. The number of amides is 1. The van der Waals surface area contributed by atoms with Gasteiger partial charge in [0.15, 0.2) is 5.78 Å². The van der Waals surface area contributed by atoms with Crippen molar-refractivity contribution in [3.8, 4) is 0 Å². The molecule has 0 aromatic heterocycles. The fraction of sp³-hybridized carbons (Fsp3) is 0.391. The van der Waals surface area contributed by atoms with Gasteiger partial charge in [-0.25, -0.2) is 0 Å². The van der Waals surface area contributed by atoms with Crippen molar-refractivity contribution in [1.82, 2.24) is 4.90 Å². The zero-order valence-electron chi connectivity index (χ0n) is 15.1. The van der Waals surface area contributed by atoms with Crippen LogP contribution in [0.5, 0.6) is 0 Å². The first-order chi connectivity index (χ1) is 12.7. The summed E-state index contributed by atoms with van der Waals surface area (Å²) < 4.78 is 0. The van der Waals surface area contributed by atoms with Gasteiger partial charge in [0.25, 0.3) is 5.91 Å². The van der Waals surface area contributed by atoms with E-state index in [0.29, 0.717) is 28.7 Å². The lowest BCUT2D eigenvalue weighted by Crippen LogP contribution is -2.49. The van der Waals surface area contributed by atoms with Gasteiger partial charge in [-0.1, -0.05) is 55.3 Å². The molecule has 3 heteroatoms. The summed E-state index contributed by atoms with van der Waals surface area (Å²) in [6, 6.07) is 16.9. The van der Waals surface area contributed by atoms with Crippen molar-refractivity contribution in [2.24, 2.45) is 5.92 Å². The molecule has 1 saturated carbocycles. The first kappa shape index (κ1) is 17.0. The maximum absolute atomic E-state index is 13.0. The SMILES string of the molecule is O=C(c1ccccc1)c1ccc(C(=O)N2CCC[C@H]3CCCC[C@@H]32)cc1. The van der Waals surface area contributed by atoms with Crippen LogP contribution >= 0.6 is 0 Å². The maximum Gasteiger partial charge on any atom is 0.254 e. The van der Waals surface area contributed by atoms with Gasteiger partial charge in [-0.3, -0.25) is 9.59 Å². The molecule has 1 aliphatic heterocycles. The molecule has 1 heterocycles. The molecular weight excluding hydrogens is 322 g/mol. The normalized spacial score (nSPS) is 22.5. The van der Waals surface area contributed by atoms with Crippen LogP contribution in [0.4, 0.5) is 0 Å². The fourth-order valence-electron chi connectivity index (χ4n) is 4.56. The lowest BCUT2D eigenvalue weighted by Gasteiger charge is -2.44. The van der Waals surface area contributed by atoms with Gasteiger partial charge in [0.05, 0.1) is 0 Å². The molecule has 1 aliphatic carbocycles. The highest BCUT2D eigenvalue weighted by Gasteiger charge is 2.35. The monoisotopic (exact) mass is 347 g/mol. The zero-order chi connectivity index (χ0) is 17.9. The summed E-state index contributed by atoms with van der Waals surface area (Å²) in [5, 5.41) is 0. The Labute approximate surface area is 155 Å². The van der Waals surface area contributed by atoms with E-state index in [9.17, 15) is 9.59 Å². The van der Waals surface area contributed by atoms with E-state index in [1.54, 1.807) is 12.1 Å². The number of benzene rings is 2. The van der Waals surface area contributed by atoms with Crippen LogP contribution in [0, 0.1) is 5.92 Å². The molecule has 4 rings (SSSR count). The Kier molecular flexibility index (Phi) is 4.87. The Morgan fingerprint density at radius 3 is 2.12 bits per heavy atom. The standard InChI is InChI=1S/C23H25NO2/c25-22(18-8-2-1-3-9-18)19-12-14-20(15-13-19)23(26)24-16-6-10-17-7-4-5-11-21(17)24/h1-3,8-9,12-15,17,21H,4-7,10-11,16H2/t17-,21+/m1/s1. The zero-order valence-corrected chi connectivity index (χ0v) is 15.1. The number of fused-ring (bicyclic) bond motifs is 1. The molecule has 0 unspecified atom stereocenters. The highest BCUT2D eigenvalue weighted by atomic mass is 16.2. The highest BCUT2D eigenvalue weighted by Crippen LogP contribution is 2.35. The smallest absolute Gasteiger partial charge is 0.254 e. The predicted octanol–water partition coefficient (Wildman–Crippen LogP) is 4.71. The van der Waals surface area contributed by atoms with Gasteiger partial charge in [0.2, 0.25) is 0 Å². The minimum atomic E-state index is -0.00471. The number of nitrogens with zero attached hydrogens (tertiary/aromatic N) is 1. The second kappa shape index (κ2) is 7.45. The lowest BCUT2D eigenvalue weighted by atomic mass is 9.78. The summed E-state index contributed by atoms with van der Waals surface area (Å²) in [4.78, 5) is 27.7. The number of piperidine rings is 1. The second-order valence-electron chi connectivity index (χ2n) is 7.53. The van der Waals surface area contributed by atoms with Crippen molar-refractivity contribution >= 4 is 11.7 Å². The third-order valence-corrected chi connectivity index (χ3v) is 5.93. The Morgan fingerprint density at radius 1 is 0.731 bits per heavy atom. The molecule has 2 atom stereocenters. The molecule has 3 nitrogen and oxygen atoms in total. The van der Waals surface area contributed by atoms with Gasteiger partial charge in [-0.15, -0.1) is 0 Å². The maximum atomic E-state index is 13.0. The minimum absolute atomic E-state index is 0.00471. The van der Waals surface area contributed by atoms with Gasteiger partial charge in [0, 0.05) is 29.3 Å². The van der Waals surface area contributed by atoms with E-state index in [4.69, 9.17) is 0 Å². The lowest BCUT2D eigenvalue weighted by molar-refractivity contribution is 0.0390. The molecule has 1 saturated heterocycles. The molecule has 0 radical (unpaired) electrons. The highest BCUT2D eigenvalue weighted by molar-refractivity contribution is 6.09. The van der Waals surface area contributed by atoms with Gasteiger partial charge in [-0.05, 0) is 43.7 Å². The van der Waals surface area contributed by atoms with Crippen LogP contribution < -0.4 is 0 Å². The van der Waals surface area contributed by atoms with Crippen LogP contribution in [0.3, 0.4) is 0 Å². The number of hydrogen-bond acceptors (Lipinski definition) is 2. The molecule has 134 valence electrons. The molecule has 2 aromatic rings. The van der Waals surface area contributed by atoms with Crippen molar-refractivity contribution in [3.05, 3.63) is 71.3 Å². The average molecular weight is 347 g/mol. The number of carbonyl (C=O) groups excluding carboxylic acids is 2. The van der Waals surface area contributed by atoms with E-state index in [1.165, 1.54) is 25.7 Å². The average Bonchev–Trinajstić information content (AvgIpc) is 2.73. The molecular formula is C23H25NO2. The molecule has 0 bridgehead atoms. The first-order valence-electron chi connectivity index (χ1n) is 9.75. The number of hydrogen-bond donors (Lipinski definition) is 0.